The maximum absolute atomic E-state index is 12.9. The lowest BCUT2D eigenvalue weighted by Crippen LogP contribution is -2.35. The first-order valence-electron chi connectivity index (χ1n) is 10.7. The number of carbonyl (C=O) groups is 3. The Bertz CT molecular complexity index is 1170. The molecule has 1 fully saturated rings. The van der Waals surface area contributed by atoms with Crippen molar-refractivity contribution in [2.75, 3.05) is 44.5 Å². The number of amides is 1. The molecule has 1 heterocycles. The Kier molecular flexibility index (Phi) is 8.24. The lowest BCUT2D eigenvalue weighted by atomic mass is 10.1. The number of benzene rings is 2. The van der Waals surface area contributed by atoms with Gasteiger partial charge in [0.1, 0.15) is 0 Å². The third kappa shape index (κ3) is 5.91. The van der Waals surface area contributed by atoms with E-state index in [2.05, 4.69) is 10.6 Å². The molecule has 34 heavy (non-hydrogen) atoms. The van der Waals surface area contributed by atoms with E-state index in [-0.39, 0.29) is 28.3 Å². The Morgan fingerprint density at radius 2 is 1.65 bits per heavy atom. The molecule has 11 heteroatoms. The molecule has 0 saturated carbocycles. The van der Waals surface area contributed by atoms with Gasteiger partial charge in [0.05, 0.1) is 36.8 Å². The number of piperidine rings is 1. The number of esters is 2. The second-order valence-electron chi connectivity index (χ2n) is 7.64. The molecular formula is C23H27N3O7S. The monoisotopic (exact) mass is 489 g/mol. The van der Waals surface area contributed by atoms with Gasteiger partial charge in [-0.25, -0.2) is 18.0 Å². The minimum absolute atomic E-state index is 0.110. The molecule has 2 N–H and O–H groups in total. The number of methoxy groups -OCH3 is 2. The van der Waals surface area contributed by atoms with Crippen molar-refractivity contribution in [2.24, 2.45) is 0 Å². The predicted octanol–water partition coefficient (Wildman–Crippen LogP) is 2.49. The summed E-state index contributed by atoms with van der Waals surface area (Å²) in [6.07, 6.45) is 2.66. The SMILES string of the molecule is COC(=O)c1ccc(C(=O)OC)c(NCC(=O)Nc2cccc(S(=O)(=O)N3CCCCC3)c2)c1. The fraction of sp³-hybridized carbons (Fsp3) is 0.348. The van der Waals surface area contributed by atoms with Crippen LogP contribution in [0.4, 0.5) is 11.4 Å². The predicted molar refractivity (Wildman–Crippen MR) is 125 cm³/mol. The molecule has 1 aliphatic rings. The van der Waals surface area contributed by atoms with Crippen LogP contribution in [-0.4, -0.2) is 64.4 Å². The minimum atomic E-state index is -3.64. The zero-order valence-electron chi connectivity index (χ0n) is 19.0. The van der Waals surface area contributed by atoms with Crippen LogP contribution >= 0.6 is 0 Å². The van der Waals surface area contributed by atoms with E-state index in [9.17, 15) is 22.8 Å². The van der Waals surface area contributed by atoms with E-state index in [1.807, 2.05) is 0 Å². The van der Waals surface area contributed by atoms with Gasteiger partial charge in [0.25, 0.3) is 0 Å². The van der Waals surface area contributed by atoms with Gasteiger partial charge in [-0.05, 0) is 49.2 Å². The smallest absolute Gasteiger partial charge is 0.339 e. The van der Waals surface area contributed by atoms with E-state index in [1.54, 1.807) is 12.1 Å². The summed E-state index contributed by atoms with van der Waals surface area (Å²) < 4.78 is 36.7. The van der Waals surface area contributed by atoms with Crippen LogP contribution in [0.3, 0.4) is 0 Å². The molecule has 0 aromatic heterocycles. The van der Waals surface area contributed by atoms with Crippen molar-refractivity contribution in [1.82, 2.24) is 4.31 Å². The van der Waals surface area contributed by atoms with E-state index in [4.69, 9.17) is 9.47 Å². The van der Waals surface area contributed by atoms with Crippen LogP contribution in [0.5, 0.6) is 0 Å². The van der Waals surface area contributed by atoms with Gasteiger partial charge in [-0.3, -0.25) is 4.79 Å². The second-order valence-corrected chi connectivity index (χ2v) is 9.58. The number of hydrogen-bond acceptors (Lipinski definition) is 8. The summed E-state index contributed by atoms with van der Waals surface area (Å²) in [6.45, 7) is 0.712. The zero-order valence-corrected chi connectivity index (χ0v) is 19.8. The molecule has 2 aromatic rings. The number of anilines is 2. The van der Waals surface area contributed by atoms with Gasteiger partial charge >= 0.3 is 11.9 Å². The number of nitrogens with zero attached hydrogens (tertiary/aromatic N) is 1. The molecule has 1 aliphatic heterocycles. The molecule has 3 rings (SSSR count). The van der Waals surface area contributed by atoms with Gasteiger partial charge < -0.3 is 20.1 Å². The molecule has 0 unspecified atom stereocenters. The third-order valence-corrected chi connectivity index (χ3v) is 7.25. The van der Waals surface area contributed by atoms with Gasteiger partial charge in [0, 0.05) is 24.5 Å². The Morgan fingerprint density at radius 3 is 2.32 bits per heavy atom. The average molecular weight is 490 g/mol. The van der Waals surface area contributed by atoms with Crippen LogP contribution in [0, 0.1) is 0 Å². The second kappa shape index (κ2) is 11.1. The maximum atomic E-state index is 12.9. The molecule has 0 spiro atoms. The lowest BCUT2D eigenvalue weighted by molar-refractivity contribution is -0.114. The first-order chi connectivity index (χ1) is 16.3. The number of carbonyl (C=O) groups excluding carboxylic acids is 3. The maximum Gasteiger partial charge on any atom is 0.339 e. The summed E-state index contributed by atoms with van der Waals surface area (Å²) in [6, 6.07) is 10.3. The fourth-order valence-electron chi connectivity index (χ4n) is 3.59. The van der Waals surface area contributed by atoms with Gasteiger partial charge in [-0.1, -0.05) is 12.5 Å². The fourth-order valence-corrected chi connectivity index (χ4v) is 5.16. The first-order valence-corrected chi connectivity index (χ1v) is 12.1. The quantitative estimate of drug-likeness (QED) is 0.541. The molecule has 2 aromatic carbocycles. The highest BCUT2D eigenvalue weighted by atomic mass is 32.2. The number of nitrogens with one attached hydrogen (secondary N) is 2. The molecule has 0 atom stereocenters. The molecule has 0 bridgehead atoms. The number of ether oxygens (including phenoxy) is 2. The summed E-state index contributed by atoms with van der Waals surface area (Å²) in [5.74, 6) is -1.72. The highest BCUT2D eigenvalue weighted by Crippen LogP contribution is 2.23. The molecule has 0 radical (unpaired) electrons. The normalized spacial score (nSPS) is 14.2. The minimum Gasteiger partial charge on any atom is -0.465 e. The van der Waals surface area contributed by atoms with Crippen molar-refractivity contribution in [3.05, 3.63) is 53.6 Å². The highest BCUT2D eigenvalue weighted by molar-refractivity contribution is 7.89. The average Bonchev–Trinajstić information content (AvgIpc) is 2.87. The van der Waals surface area contributed by atoms with E-state index in [1.165, 1.54) is 48.9 Å². The Hall–Kier alpha value is -3.44. The number of sulfonamides is 1. The Labute approximate surface area is 198 Å². The molecule has 1 amide bonds. The van der Waals surface area contributed by atoms with E-state index < -0.39 is 27.9 Å². The van der Waals surface area contributed by atoms with E-state index >= 15 is 0 Å². The van der Waals surface area contributed by atoms with Crippen molar-refractivity contribution >= 4 is 39.2 Å². The van der Waals surface area contributed by atoms with Crippen molar-refractivity contribution in [2.45, 2.75) is 24.2 Å². The van der Waals surface area contributed by atoms with Crippen LogP contribution in [0.2, 0.25) is 0 Å². The largest absolute Gasteiger partial charge is 0.465 e. The van der Waals surface area contributed by atoms with Crippen LogP contribution in [0.15, 0.2) is 47.4 Å². The summed E-state index contributed by atoms with van der Waals surface area (Å²) >= 11 is 0. The number of rotatable bonds is 8. The van der Waals surface area contributed by atoms with Crippen molar-refractivity contribution in [3.8, 4) is 0 Å². The molecule has 0 aliphatic carbocycles. The molecule has 10 nitrogen and oxygen atoms in total. The van der Waals surface area contributed by atoms with Crippen LogP contribution in [-0.2, 0) is 24.3 Å². The lowest BCUT2D eigenvalue weighted by Gasteiger charge is -2.26. The molecular weight excluding hydrogens is 462 g/mol. The Morgan fingerprint density at radius 1 is 0.941 bits per heavy atom. The third-order valence-electron chi connectivity index (χ3n) is 5.36. The first kappa shape index (κ1) is 25.2. The molecule has 1 saturated heterocycles. The van der Waals surface area contributed by atoms with E-state index in [0.717, 1.165) is 19.3 Å². The van der Waals surface area contributed by atoms with Gasteiger partial charge in [0.15, 0.2) is 0 Å². The van der Waals surface area contributed by atoms with Crippen molar-refractivity contribution in [3.63, 3.8) is 0 Å². The standard InChI is InChI=1S/C23H27N3O7S/c1-32-22(28)16-9-10-19(23(29)33-2)20(13-16)24-15-21(27)25-17-7-6-8-18(14-17)34(30,31)26-11-4-3-5-12-26/h6-10,13-14,24H,3-5,11-12,15H2,1-2H3,(H,25,27). The van der Waals surface area contributed by atoms with Crippen molar-refractivity contribution in [1.29, 1.82) is 0 Å². The number of hydrogen-bond donors (Lipinski definition) is 2. The topological polar surface area (TPSA) is 131 Å². The van der Waals surface area contributed by atoms with Crippen molar-refractivity contribution < 1.29 is 32.3 Å². The van der Waals surface area contributed by atoms with E-state index in [0.29, 0.717) is 18.8 Å². The van der Waals surface area contributed by atoms with Gasteiger partial charge in [-0.15, -0.1) is 0 Å². The summed E-state index contributed by atoms with van der Waals surface area (Å²) in [5.41, 5.74) is 0.860. The van der Waals surface area contributed by atoms with Crippen LogP contribution < -0.4 is 10.6 Å². The van der Waals surface area contributed by atoms with Gasteiger partial charge in [0.2, 0.25) is 15.9 Å². The Balaban J connectivity index is 1.71. The summed E-state index contributed by atoms with van der Waals surface area (Å²) in [4.78, 5) is 36.5. The zero-order chi connectivity index (χ0) is 24.7. The summed E-state index contributed by atoms with van der Waals surface area (Å²) in [7, 11) is -1.18. The highest BCUT2D eigenvalue weighted by Gasteiger charge is 2.26. The van der Waals surface area contributed by atoms with Crippen LogP contribution in [0.1, 0.15) is 40.0 Å². The molecule has 182 valence electrons. The summed E-state index contributed by atoms with van der Waals surface area (Å²) in [5, 5.41) is 5.46. The van der Waals surface area contributed by atoms with Crippen LogP contribution in [0.25, 0.3) is 0 Å². The van der Waals surface area contributed by atoms with Gasteiger partial charge in [-0.2, -0.15) is 4.31 Å².